The Balaban J connectivity index is 1.71. The zero-order valence-electron chi connectivity index (χ0n) is 14.0. The number of nitrogens with zero attached hydrogens (tertiary/aromatic N) is 3. The third kappa shape index (κ3) is 3.65. The SMILES string of the molecule is COc1ccc([C@@H](C)NC(=O)Cn2nnc3ccccc3c2=O)cc1. The first-order valence-corrected chi connectivity index (χ1v) is 7.84. The molecule has 1 atom stereocenters. The summed E-state index contributed by atoms with van der Waals surface area (Å²) in [6, 6.07) is 14.1. The third-order valence-electron chi connectivity index (χ3n) is 3.92. The van der Waals surface area contributed by atoms with Crippen molar-refractivity contribution in [2.45, 2.75) is 19.5 Å². The first-order chi connectivity index (χ1) is 12.1. The van der Waals surface area contributed by atoms with Crippen molar-refractivity contribution in [1.82, 2.24) is 20.3 Å². The molecule has 25 heavy (non-hydrogen) atoms. The lowest BCUT2D eigenvalue weighted by Crippen LogP contribution is -2.35. The van der Waals surface area contributed by atoms with Crippen molar-refractivity contribution in [3.63, 3.8) is 0 Å². The van der Waals surface area contributed by atoms with Crippen LogP contribution in [0.2, 0.25) is 0 Å². The van der Waals surface area contributed by atoms with Crippen LogP contribution in [0.1, 0.15) is 18.5 Å². The van der Waals surface area contributed by atoms with E-state index in [1.54, 1.807) is 31.4 Å². The number of aromatic nitrogens is 3. The maximum Gasteiger partial charge on any atom is 0.278 e. The highest BCUT2D eigenvalue weighted by molar-refractivity contribution is 5.78. The molecular formula is C18H18N4O3. The van der Waals surface area contributed by atoms with Gasteiger partial charge in [0.25, 0.3) is 5.56 Å². The fourth-order valence-corrected chi connectivity index (χ4v) is 2.53. The number of methoxy groups -OCH3 is 1. The molecule has 3 aromatic rings. The zero-order chi connectivity index (χ0) is 17.8. The Hall–Kier alpha value is -3.22. The smallest absolute Gasteiger partial charge is 0.278 e. The molecule has 0 bridgehead atoms. The standard InChI is InChI=1S/C18H18N4O3/c1-12(13-7-9-14(25-2)10-8-13)19-17(23)11-22-18(24)15-5-3-4-6-16(15)20-21-22/h3-10,12H,11H2,1-2H3,(H,19,23)/t12-/m1/s1. The van der Waals surface area contributed by atoms with Crippen LogP contribution >= 0.6 is 0 Å². The summed E-state index contributed by atoms with van der Waals surface area (Å²) in [6.07, 6.45) is 0. The molecule has 1 heterocycles. The molecule has 0 aliphatic heterocycles. The number of carbonyl (C=O) groups is 1. The van der Waals surface area contributed by atoms with Gasteiger partial charge >= 0.3 is 0 Å². The minimum atomic E-state index is -0.335. The lowest BCUT2D eigenvalue weighted by molar-refractivity contribution is -0.122. The van der Waals surface area contributed by atoms with Gasteiger partial charge in [-0.2, -0.15) is 0 Å². The predicted molar refractivity (Wildman–Crippen MR) is 93.3 cm³/mol. The van der Waals surface area contributed by atoms with Crippen LogP contribution in [0.25, 0.3) is 10.9 Å². The average Bonchev–Trinajstić information content (AvgIpc) is 2.64. The molecule has 0 radical (unpaired) electrons. The summed E-state index contributed by atoms with van der Waals surface area (Å²) in [5, 5.41) is 11.1. The molecule has 0 aliphatic rings. The van der Waals surface area contributed by atoms with Gasteiger partial charge < -0.3 is 10.1 Å². The number of hydrogen-bond acceptors (Lipinski definition) is 5. The average molecular weight is 338 g/mol. The molecule has 7 nitrogen and oxygen atoms in total. The fraction of sp³-hybridized carbons (Fsp3) is 0.222. The highest BCUT2D eigenvalue weighted by Gasteiger charge is 2.13. The van der Waals surface area contributed by atoms with Crippen molar-refractivity contribution < 1.29 is 9.53 Å². The van der Waals surface area contributed by atoms with E-state index < -0.39 is 0 Å². The monoisotopic (exact) mass is 338 g/mol. The van der Waals surface area contributed by atoms with Crippen LogP contribution < -0.4 is 15.6 Å². The number of ether oxygens (including phenoxy) is 1. The van der Waals surface area contributed by atoms with Crippen LogP contribution in [0.15, 0.2) is 53.3 Å². The van der Waals surface area contributed by atoms with Gasteiger partial charge in [-0.1, -0.05) is 29.5 Å². The van der Waals surface area contributed by atoms with Gasteiger partial charge in [0.1, 0.15) is 17.8 Å². The van der Waals surface area contributed by atoms with Crippen molar-refractivity contribution >= 4 is 16.8 Å². The molecular weight excluding hydrogens is 320 g/mol. The second-order valence-electron chi connectivity index (χ2n) is 5.63. The first-order valence-electron chi connectivity index (χ1n) is 7.84. The zero-order valence-corrected chi connectivity index (χ0v) is 14.0. The molecule has 0 fully saturated rings. The summed E-state index contributed by atoms with van der Waals surface area (Å²) >= 11 is 0. The molecule has 1 aromatic heterocycles. The summed E-state index contributed by atoms with van der Waals surface area (Å²) in [7, 11) is 1.60. The summed E-state index contributed by atoms with van der Waals surface area (Å²) in [5.41, 5.74) is 1.11. The molecule has 0 unspecified atom stereocenters. The Kier molecular flexibility index (Phi) is 4.74. The van der Waals surface area contributed by atoms with Gasteiger partial charge in [-0.15, -0.1) is 5.10 Å². The number of hydrogen-bond donors (Lipinski definition) is 1. The van der Waals surface area contributed by atoms with Crippen molar-refractivity contribution in [2.24, 2.45) is 0 Å². The van der Waals surface area contributed by atoms with Gasteiger partial charge in [-0.05, 0) is 36.8 Å². The van der Waals surface area contributed by atoms with Crippen LogP contribution in [0.4, 0.5) is 0 Å². The number of fused-ring (bicyclic) bond motifs is 1. The van der Waals surface area contributed by atoms with E-state index in [1.807, 2.05) is 31.2 Å². The fourth-order valence-electron chi connectivity index (χ4n) is 2.53. The predicted octanol–water partition coefficient (Wildman–Crippen LogP) is 1.68. The molecule has 128 valence electrons. The number of carbonyl (C=O) groups excluding carboxylic acids is 1. The van der Waals surface area contributed by atoms with Crippen LogP contribution in [0.5, 0.6) is 5.75 Å². The van der Waals surface area contributed by atoms with E-state index in [0.29, 0.717) is 10.9 Å². The van der Waals surface area contributed by atoms with Gasteiger partial charge in [-0.25, -0.2) is 4.68 Å². The molecule has 3 rings (SSSR count). The van der Waals surface area contributed by atoms with E-state index >= 15 is 0 Å². The topological polar surface area (TPSA) is 86.1 Å². The minimum Gasteiger partial charge on any atom is -0.497 e. The van der Waals surface area contributed by atoms with Crippen molar-refractivity contribution in [2.75, 3.05) is 7.11 Å². The summed E-state index contributed by atoms with van der Waals surface area (Å²) < 4.78 is 6.18. The van der Waals surface area contributed by atoms with Gasteiger partial charge in [-0.3, -0.25) is 9.59 Å². The lowest BCUT2D eigenvalue weighted by Gasteiger charge is -2.15. The van der Waals surface area contributed by atoms with Crippen LogP contribution in [0.3, 0.4) is 0 Å². The Morgan fingerprint density at radius 2 is 1.92 bits per heavy atom. The highest BCUT2D eigenvalue weighted by Crippen LogP contribution is 2.17. The largest absolute Gasteiger partial charge is 0.497 e. The molecule has 0 saturated heterocycles. The number of nitrogens with one attached hydrogen (secondary N) is 1. The van der Waals surface area contributed by atoms with E-state index in [1.165, 1.54) is 0 Å². The van der Waals surface area contributed by atoms with Crippen LogP contribution in [0, 0.1) is 0 Å². The second kappa shape index (κ2) is 7.12. The lowest BCUT2D eigenvalue weighted by atomic mass is 10.1. The second-order valence-corrected chi connectivity index (χ2v) is 5.63. The number of amides is 1. The molecule has 0 aliphatic carbocycles. The Morgan fingerprint density at radius 3 is 2.64 bits per heavy atom. The summed E-state index contributed by atoms with van der Waals surface area (Å²) in [5.74, 6) is 0.440. The minimum absolute atomic E-state index is 0.183. The van der Waals surface area contributed by atoms with E-state index in [4.69, 9.17) is 4.74 Å². The number of benzene rings is 2. The molecule has 2 aromatic carbocycles. The summed E-state index contributed by atoms with van der Waals surface area (Å²) in [4.78, 5) is 24.6. The van der Waals surface area contributed by atoms with E-state index in [9.17, 15) is 9.59 Å². The van der Waals surface area contributed by atoms with Crippen molar-refractivity contribution in [3.8, 4) is 5.75 Å². The van der Waals surface area contributed by atoms with Crippen LogP contribution in [-0.2, 0) is 11.3 Å². The van der Waals surface area contributed by atoms with E-state index in [-0.39, 0.29) is 24.1 Å². The van der Waals surface area contributed by atoms with E-state index in [2.05, 4.69) is 15.6 Å². The maximum atomic E-state index is 12.4. The van der Waals surface area contributed by atoms with Gasteiger partial charge in [0.2, 0.25) is 5.91 Å². The quantitative estimate of drug-likeness (QED) is 0.765. The highest BCUT2D eigenvalue weighted by atomic mass is 16.5. The summed E-state index contributed by atoms with van der Waals surface area (Å²) in [6.45, 7) is 1.69. The molecule has 7 heteroatoms. The first kappa shape index (κ1) is 16.6. The Bertz CT molecular complexity index is 950. The van der Waals surface area contributed by atoms with Crippen molar-refractivity contribution in [3.05, 3.63) is 64.4 Å². The maximum absolute atomic E-state index is 12.4. The Morgan fingerprint density at radius 1 is 1.20 bits per heavy atom. The molecule has 1 amide bonds. The van der Waals surface area contributed by atoms with Gasteiger partial charge in [0.15, 0.2) is 0 Å². The van der Waals surface area contributed by atoms with Crippen molar-refractivity contribution in [1.29, 1.82) is 0 Å². The third-order valence-corrected chi connectivity index (χ3v) is 3.92. The molecule has 0 spiro atoms. The van der Waals surface area contributed by atoms with Crippen LogP contribution in [-0.4, -0.2) is 28.0 Å². The number of rotatable bonds is 5. The molecule has 1 N–H and O–H groups in total. The van der Waals surface area contributed by atoms with Gasteiger partial charge in [0, 0.05) is 0 Å². The molecule has 0 saturated carbocycles. The van der Waals surface area contributed by atoms with E-state index in [0.717, 1.165) is 16.0 Å². The Labute approximate surface area is 144 Å². The normalized spacial score (nSPS) is 11.9. The van der Waals surface area contributed by atoms with Gasteiger partial charge in [0.05, 0.1) is 18.5 Å².